The summed E-state index contributed by atoms with van der Waals surface area (Å²) >= 11 is 0. The Morgan fingerprint density at radius 1 is 0.667 bits per heavy atom. The van der Waals surface area contributed by atoms with Gasteiger partial charge in [0.15, 0.2) is 12.1 Å². The molecular weight excluding hydrogens is 901 g/mol. The van der Waals surface area contributed by atoms with Crippen molar-refractivity contribution < 1.29 is 84.7 Å². The van der Waals surface area contributed by atoms with Gasteiger partial charge in [0.2, 0.25) is 5.91 Å². The van der Waals surface area contributed by atoms with Crippen LogP contribution < -0.4 is 11.1 Å². The monoisotopic (exact) mass is 979 g/mol. The van der Waals surface area contributed by atoms with Crippen molar-refractivity contribution in [3.8, 4) is 0 Å². The predicted molar refractivity (Wildman–Crippen MR) is 252 cm³/mol. The van der Waals surface area contributed by atoms with E-state index in [-0.39, 0.29) is 44.6 Å². The molecule has 14 N–H and O–H groups in total. The van der Waals surface area contributed by atoms with Gasteiger partial charge in [-0.2, -0.15) is 0 Å². The Hall–Kier alpha value is -3.48. The summed E-state index contributed by atoms with van der Waals surface area (Å²) in [6.45, 7) is 3.20. The second-order valence-corrected chi connectivity index (χ2v) is 19.0. The highest BCUT2D eigenvalue weighted by atomic mass is 16.7. The van der Waals surface area contributed by atoms with E-state index >= 15 is 0 Å². The lowest BCUT2D eigenvalue weighted by Gasteiger charge is -2.46. The first-order valence-corrected chi connectivity index (χ1v) is 24.2. The number of cyclic esters (lactones) is 1. The molecule has 0 radical (unpaired) electrons. The highest BCUT2D eigenvalue weighted by Crippen LogP contribution is 2.38. The number of hydrogen-bond donors (Lipinski definition) is 13. The molecule has 4 rings (SSSR count). The third-order valence-electron chi connectivity index (χ3n) is 12.9. The van der Waals surface area contributed by atoms with Gasteiger partial charge in [-0.25, -0.2) is 0 Å². The van der Waals surface area contributed by atoms with Gasteiger partial charge in [0.05, 0.1) is 98.2 Å². The number of aliphatic hydroxyl groups is 11. The highest BCUT2D eigenvalue weighted by Gasteiger charge is 2.51. The smallest absolute Gasteiger partial charge is 0.308 e. The van der Waals surface area contributed by atoms with Gasteiger partial charge < -0.3 is 86.2 Å². The van der Waals surface area contributed by atoms with Crippen molar-refractivity contribution in [2.24, 2.45) is 17.6 Å². The van der Waals surface area contributed by atoms with E-state index in [1.54, 1.807) is 61.6 Å². The first kappa shape index (κ1) is 58.1. The predicted octanol–water partition coefficient (Wildman–Crippen LogP) is 0.0222. The number of carbonyl (C=O) groups is 2. The van der Waals surface area contributed by atoms with Crippen LogP contribution in [0.5, 0.6) is 0 Å². The molecule has 1 saturated carbocycles. The van der Waals surface area contributed by atoms with Gasteiger partial charge >= 0.3 is 5.97 Å². The van der Waals surface area contributed by atoms with Gasteiger partial charge in [0, 0.05) is 38.0 Å². The summed E-state index contributed by atoms with van der Waals surface area (Å²) in [7, 11) is 0. The molecule has 19 nitrogen and oxygen atoms in total. The first-order chi connectivity index (χ1) is 32.7. The summed E-state index contributed by atoms with van der Waals surface area (Å²) in [5.41, 5.74) is 6.02. The number of fused-ring (bicyclic) bond motifs is 2. The molecule has 0 aromatic carbocycles. The summed E-state index contributed by atoms with van der Waals surface area (Å²) in [4.78, 5) is 26.5. The van der Waals surface area contributed by atoms with E-state index in [2.05, 4.69) is 5.32 Å². The third kappa shape index (κ3) is 19.9. The van der Waals surface area contributed by atoms with Gasteiger partial charge in [0.1, 0.15) is 12.2 Å². The Bertz CT molecular complexity index is 1770. The Balaban J connectivity index is 1.58. The summed E-state index contributed by atoms with van der Waals surface area (Å²) < 4.78 is 23.3. The molecule has 3 fully saturated rings. The van der Waals surface area contributed by atoms with Gasteiger partial charge in [-0.05, 0) is 45.4 Å². The van der Waals surface area contributed by atoms with Crippen LogP contribution in [0.2, 0.25) is 0 Å². The molecule has 4 aliphatic rings. The minimum atomic E-state index is -2.29. The molecule has 19 atom stereocenters. The van der Waals surface area contributed by atoms with Crippen molar-refractivity contribution >= 4 is 11.9 Å². The topological polar surface area (TPSA) is 332 Å². The molecule has 0 spiro atoms. The van der Waals surface area contributed by atoms with E-state index in [4.69, 9.17) is 24.7 Å². The first-order valence-electron chi connectivity index (χ1n) is 24.2. The van der Waals surface area contributed by atoms with Crippen LogP contribution in [0.3, 0.4) is 0 Å². The number of amides is 1. The molecule has 2 bridgehead atoms. The summed E-state index contributed by atoms with van der Waals surface area (Å²) in [6.07, 6.45) is 6.29. The molecule has 390 valence electrons. The van der Waals surface area contributed by atoms with Crippen molar-refractivity contribution in [3.63, 3.8) is 0 Å². The van der Waals surface area contributed by atoms with E-state index in [1.165, 1.54) is 0 Å². The Morgan fingerprint density at radius 2 is 1.29 bits per heavy atom. The van der Waals surface area contributed by atoms with Crippen LogP contribution in [0.25, 0.3) is 0 Å². The van der Waals surface area contributed by atoms with Crippen LogP contribution in [0.15, 0.2) is 85.1 Å². The van der Waals surface area contributed by atoms with Crippen LogP contribution in [-0.4, -0.2) is 178 Å². The number of esters is 1. The SMILES string of the molecule is C[C@H]1C[C@H](O)[C@@H](C)/C=C/C=C/C=C/C=C/C=C/C=C/C=C/C(O[C@@H]2OC[C@@H](O)[C@H](N)[C@@H]2O)C[C@@H]2OC(O)(CC(O)CC(O)C(O)CCC(O)CC(O)CC(=O)O1)C[C@H](O)[C@H]2C(=O)N[C@@H]1CCC[C@H]1O. The Labute approximate surface area is 404 Å². The van der Waals surface area contributed by atoms with Crippen LogP contribution in [-0.2, 0) is 28.5 Å². The average Bonchev–Trinajstić information content (AvgIpc) is 3.67. The second kappa shape index (κ2) is 29.1. The number of allylic oxidation sites excluding steroid dienone is 12. The summed E-state index contributed by atoms with van der Waals surface area (Å²) in [5.74, 6) is -5.28. The second-order valence-electron chi connectivity index (χ2n) is 19.0. The van der Waals surface area contributed by atoms with E-state index < -0.39 is 147 Å². The van der Waals surface area contributed by atoms with Crippen LogP contribution in [0, 0.1) is 11.8 Å². The maximum absolute atomic E-state index is 13.9. The largest absolute Gasteiger partial charge is 0.462 e. The molecule has 1 amide bonds. The zero-order valence-corrected chi connectivity index (χ0v) is 39.6. The number of hydrogen-bond acceptors (Lipinski definition) is 18. The van der Waals surface area contributed by atoms with Crippen molar-refractivity contribution in [2.75, 3.05) is 6.61 Å². The normalized spacial score (nSPS) is 44.6. The number of aliphatic hydroxyl groups excluding tert-OH is 10. The molecule has 3 heterocycles. The number of ether oxygens (including phenoxy) is 4. The van der Waals surface area contributed by atoms with Gasteiger partial charge in [-0.15, -0.1) is 0 Å². The van der Waals surface area contributed by atoms with Gasteiger partial charge in [0.25, 0.3) is 0 Å². The minimum Gasteiger partial charge on any atom is -0.462 e. The number of nitrogens with two attached hydrogens (primary N) is 1. The number of rotatable bonds is 4. The van der Waals surface area contributed by atoms with Crippen LogP contribution >= 0.6 is 0 Å². The average molecular weight is 979 g/mol. The molecule has 0 aromatic rings. The van der Waals surface area contributed by atoms with Gasteiger partial charge in [-0.3, -0.25) is 9.59 Å². The van der Waals surface area contributed by atoms with Crippen molar-refractivity contribution in [1.82, 2.24) is 5.32 Å². The molecule has 1 aliphatic carbocycles. The lowest BCUT2D eigenvalue weighted by atomic mass is 9.82. The maximum Gasteiger partial charge on any atom is 0.308 e. The van der Waals surface area contributed by atoms with Crippen LogP contribution in [0.4, 0.5) is 0 Å². The molecule has 3 aliphatic heterocycles. The third-order valence-corrected chi connectivity index (χ3v) is 12.9. The lowest BCUT2D eigenvalue weighted by molar-refractivity contribution is -0.304. The molecule has 0 aromatic heterocycles. The molecule has 2 saturated heterocycles. The summed E-state index contributed by atoms with van der Waals surface area (Å²) in [5, 5.41) is 122. The molecule has 69 heavy (non-hydrogen) atoms. The molecular formula is C50H78N2O17. The number of carbonyl (C=O) groups excluding carboxylic acids is 2. The maximum atomic E-state index is 13.9. The quantitative estimate of drug-likeness (QED) is 0.165. The van der Waals surface area contributed by atoms with Gasteiger partial charge in [-0.1, -0.05) is 92.0 Å². The fraction of sp³-hybridized carbons (Fsp3) is 0.680. The number of nitrogens with one attached hydrogen (secondary N) is 1. The zero-order chi connectivity index (χ0) is 50.7. The van der Waals surface area contributed by atoms with E-state index in [0.29, 0.717) is 19.3 Å². The highest BCUT2D eigenvalue weighted by molar-refractivity contribution is 5.80. The zero-order valence-electron chi connectivity index (χ0n) is 39.6. The molecule has 7 unspecified atom stereocenters. The minimum absolute atomic E-state index is 0.0984. The van der Waals surface area contributed by atoms with Crippen molar-refractivity contribution in [2.45, 2.75) is 194 Å². The Kier molecular flexibility index (Phi) is 24.5. The fourth-order valence-corrected chi connectivity index (χ4v) is 8.90. The Morgan fingerprint density at radius 3 is 1.91 bits per heavy atom. The lowest BCUT2D eigenvalue weighted by Crippen LogP contribution is -2.60. The van der Waals surface area contributed by atoms with E-state index in [1.807, 2.05) is 37.3 Å². The summed E-state index contributed by atoms with van der Waals surface area (Å²) in [6, 6.07) is -1.71. The van der Waals surface area contributed by atoms with Crippen molar-refractivity contribution in [3.05, 3.63) is 85.1 Å². The fourth-order valence-electron chi connectivity index (χ4n) is 8.90. The van der Waals surface area contributed by atoms with E-state index in [9.17, 15) is 65.8 Å². The van der Waals surface area contributed by atoms with E-state index in [0.717, 1.165) is 0 Å². The standard InChI is InChI=1S/C50H78N2O17/c1-30-16-13-11-9-7-5-3-4-6-8-10-12-14-17-35(68-49-47(63)46(51)42(61)29-66-49)26-43-45(48(64)52-36-18-15-19-37(36)56)41(60)28-50(65,69-43)27-34(55)24-40(59)38(57)21-20-32(53)23-33(54)25-44(62)67-31(2)22-39(30)58/h3-14,16-17,30-43,45-47,49,53-61,63,65H,15,18-29,51H2,1-2H3,(H,52,64)/b4-3+,7-5+,8-6+,11-9+,12-10+,16-13+,17-14+/t30-,31-,32?,33?,34?,35?,36+,37+,38?,39-,40?,41-,42+,43-,45+,46-,47-,49-,50?/m0/s1. The van der Waals surface area contributed by atoms with Crippen molar-refractivity contribution in [1.29, 1.82) is 0 Å². The van der Waals surface area contributed by atoms with Crippen LogP contribution in [0.1, 0.15) is 90.9 Å². The molecule has 19 heteroatoms.